The molecule has 2 N–H and O–H groups in total. The van der Waals surface area contributed by atoms with Crippen molar-refractivity contribution in [2.75, 3.05) is 13.1 Å². The minimum absolute atomic E-state index is 0.0420. The smallest absolute Gasteiger partial charge is 0.270 e. The molecule has 1 aromatic carbocycles. The second-order valence-corrected chi connectivity index (χ2v) is 6.46. The summed E-state index contributed by atoms with van der Waals surface area (Å²) in [6.45, 7) is 3.36. The zero-order valence-corrected chi connectivity index (χ0v) is 13.5. The highest BCUT2D eigenvalue weighted by Crippen LogP contribution is 2.26. The van der Waals surface area contributed by atoms with Gasteiger partial charge >= 0.3 is 0 Å². The lowest BCUT2D eigenvalue weighted by atomic mass is 9.97. The van der Waals surface area contributed by atoms with Crippen LogP contribution in [0, 0.1) is 12.7 Å². The molecule has 1 amide bonds. The molecule has 1 aliphatic rings. The molecular weight excluding hydrogens is 307 g/mol. The summed E-state index contributed by atoms with van der Waals surface area (Å²) in [6.07, 6.45) is 3.79. The van der Waals surface area contributed by atoms with Gasteiger partial charge in [-0.1, -0.05) is 0 Å². The quantitative estimate of drug-likeness (QED) is 0.758. The summed E-state index contributed by atoms with van der Waals surface area (Å²) in [6, 6.07) is 6.21. The topological polar surface area (TPSA) is 64.8 Å². The zero-order valence-electron chi connectivity index (χ0n) is 13.5. The van der Waals surface area contributed by atoms with Crippen LogP contribution >= 0.6 is 0 Å². The molecule has 5 nitrogen and oxygen atoms in total. The molecule has 6 heteroatoms. The fraction of sp³-hybridized carbons (Fsp3) is 0.333. The van der Waals surface area contributed by atoms with Crippen molar-refractivity contribution < 1.29 is 9.18 Å². The van der Waals surface area contributed by atoms with Crippen molar-refractivity contribution in [2.24, 2.45) is 0 Å². The molecule has 0 spiro atoms. The van der Waals surface area contributed by atoms with Crippen LogP contribution in [0.15, 0.2) is 30.5 Å². The number of carbonyl (C=O) groups is 1. The van der Waals surface area contributed by atoms with E-state index < -0.39 is 0 Å². The number of piperidine rings is 1. The average molecular weight is 326 g/mol. The Kier molecular flexibility index (Phi) is 3.59. The number of amides is 1. The van der Waals surface area contributed by atoms with E-state index in [2.05, 4.69) is 15.0 Å². The number of aryl methyl sites for hydroxylation is 1. The number of imidazole rings is 1. The summed E-state index contributed by atoms with van der Waals surface area (Å²) in [5, 5.41) is 0.716. The fourth-order valence-corrected chi connectivity index (χ4v) is 3.41. The van der Waals surface area contributed by atoms with Crippen LogP contribution in [0.25, 0.3) is 10.9 Å². The number of nitrogens with zero attached hydrogens (tertiary/aromatic N) is 2. The van der Waals surface area contributed by atoms with E-state index in [1.54, 1.807) is 12.1 Å². The van der Waals surface area contributed by atoms with Crippen molar-refractivity contribution in [2.45, 2.75) is 25.7 Å². The maximum Gasteiger partial charge on any atom is 0.270 e. The van der Waals surface area contributed by atoms with Gasteiger partial charge in [0.05, 0.1) is 0 Å². The predicted octanol–water partition coefficient (Wildman–Crippen LogP) is 3.36. The number of hydrogen-bond donors (Lipinski definition) is 2. The number of halogens is 1. The first-order chi connectivity index (χ1) is 11.6. The number of hydrogen-bond acceptors (Lipinski definition) is 2. The molecule has 0 radical (unpaired) electrons. The Balaban J connectivity index is 1.56. The molecule has 1 fully saturated rings. The SMILES string of the molecule is Cc1cnc(C2CCCN(C(=O)c3cc4cc(F)ccc4[nH]3)C2)[nH]1. The number of carbonyl (C=O) groups excluding carboxylic acids is 1. The molecule has 1 unspecified atom stereocenters. The van der Waals surface area contributed by atoms with Gasteiger partial charge in [0.25, 0.3) is 5.91 Å². The maximum absolute atomic E-state index is 13.3. The van der Waals surface area contributed by atoms with Crippen LogP contribution < -0.4 is 0 Å². The molecule has 124 valence electrons. The molecular formula is C18H19FN4O. The molecule has 1 aliphatic heterocycles. The second kappa shape index (κ2) is 5.78. The molecule has 0 aliphatic carbocycles. The molecule has 2 aromatic heterocycles. The first-order valence-electron chi connectivity index (χ1n) is 8.19. The van der Waals surface area contributed by atoms with Crippen LogP contribution in [-0.2, 0) is 0 Å². The number of benzene rings is 1. The minimum Gasteiger partial charge on any atom is -0.351 e. The van der Waals surface area contributed by atoms with Gasteiger partial charge in [0.1, 0.15) is 17.3 Å². The van der Waals surface area contributed by atoms with E-state index in [9.17, 15) is 9.18 Å². The Morgan fingerprint density at radius 3 is 3.00 bits per heavy atom. The van der Waals surface area contributed by atoms with Crippen LogP contribution in [0.3, 0.4) is 0 Å². The van der Waals surface area contributed by atoms with Crippen molar-refractivity contribution in [3.8, 4) is 0 Å². The number of likely N-dealkylation sites (tertiary alicyclic amines) is 1. The van der Waals surface area contributed by atoms with Gasteiger partial charge < -0.3 is 14.9 Å². The Morgan fingerprint density at radius 2 is 2.21 bits per heavy atom. The highest BCUT2D eigenvalue weighted by molar-refractivity contribution is 5.98. The summed E-state index contributed by atoms with van der Waals surface area (Å²) in [5.41, 5.74) is 2.31. The van der Waals surface area contributed by atoms with Crippen LogP contribution in [0.4, 0.5) is 4.39 Å². The van der Waals surface area contributed by atoms with Gasteiger partial charge in [0.15, 0.2) is 0 Å². The van der Waals surface area contributed by atoms with Crippen LogP contribution in [0.1, 0.15) is 40.8 Å². The standard InChI is InChI=1S/C18H19FN4O/c1-11-9-20-17(21-11)12-3-2-6-23(10-12)18(24)16-8-13-7-14(19)4-5-15(13)22-16/h4-5,7-9,12,22H,2-3,6,10H2,1H3,(H,20,21). The molecule has 24 heavy (non-hydrogen) atoms. The number of fused-ring (bicyclic) bond motifs is 1. The second-order valence-electron chi connectivity index (χ2n) is 6.46. The van der Waals surface area contributed by atoms with E-state index in [1.807, 2.05) is 18.0 Å². The summed E-state index contributed by atoms with van der Waals surface area (Å²) in [5.74, 6) is 0.841. The minimum atomic E-state index is -0.299. The predicted molar refractivity (Wildman–Crippen MR) is 89.5 cm³/mol. The number of nitrogens with one attached hydrogen (secondary N) is 2. The summed E-state index contributed by atoms with van der Waals surface area (Å²) >= 11 is 0. The normalized spacial score (nSPS) is 18.2. The van der Waals surface area contributed by atoms with E-state index in [4.69, 9.17) is 0 Å². The Labute approximate surface area is 138 Å². The van der Waals surface area contributed by atoms with Crippen molar-refractivity contribution in [3.63, 3.8) is 0 Å². The van der Waals surface area contributed by atoms with Crippen molar-refractivity contribution >= 4 is 16.8 Å². The van der Waals surface area contributed by atoms with Crippen molar-refractivity contribution in [1.29, 1.82) is 0 Å². The molecule has 3 aromatic rings. The summed E-state index contributed by atoms with van der Waals surface area (Å²) in [4.78, 5) is 25.4. The molecule has 1 saturated heterocycles. The highest BCUT2D eigenvalue weighted by Gasteiger charge is 2.27. The van der Waals surface area contributed by atoms with Crippen LogP contribution in [-0.4, -0.2) is 38.8 Å². The first kappa shape index (κ1) is 14.9. The van der Waals surface area contributed by atoms with E-state index in [1.165, 1.54) is 12.1 Å². The van der Waals surface area contributed by atoms with Gasteiger partial charge in [-0.2, -0.15) is 0 Å². The maximum atomic E-state index is 13.3. The molecule has 0 saturated carbocycles. The van der Waals surface area contributed by atoms with E-state index in [0.29, 0.717) is 17.6 Å². The highest BCUT2D eigenvalue weighted by atomic mass is 19.1. The van der Waals surface area contributed by atoms with Crippen molar-refractivity contribution in [3.05, 3.63) is 53.5 Å². The third kappa shape index (κ3) is 2.68. The Bertz CT molecular complexity index is 897. The van der Waals surface area contributed by atoms with E-state index in [-0.39, 0.29) is 17.6 Å². The molecule has 1 atom stereocenters. The lowest BCUT2D eigenvalue weighted by Gasteiger charge is -2.31. The number of rotatable bonds is 2. The fourth-order valence-electron chi connectivity index (χ4n) is 3.41. The lowest BCUT2D eigenvalue weighted by Crippen LogP contribution is -2.39. The lowest BCUT2D eigenvalue weighted by molar-refractivity contribution is 0.0700. The monoisotopic (exact) mass is 326 g/mol. The summed E-state index contributed by atoms with van der Waals surface area (Å²) < 4.78 is 13.3. The summed E-state index contributed by atoms with van der Waals surface area (Å²) in [7, 11) is 0. The van der Waals surface area contributed by atoms with Gasteiger partial charge in [-0.15, -0.1) is 0 Å². The molecule has 3 heterocycles. The van der Waals surface area contributed by atoms with E-state index in [0.717, 1.165) is 36.4 Å². The Morgan fingerprint density at radius 1 is 1.33 bits per heavy atom. The van der Waals surface area contributed by atoms with Crippen LogP contribution in [0.2, 0.25) is 0 Å². The van der Waals surface area contributed by atoms with Gasteiger partial charge in [-0.3, -0.25) is 4.79 Å². The van der Waals surface area contributed by atoms with Crippen LogP contribution in [0.5, 0.6) is 0 Å². The molecule has 0 bridgehead atoms. The number of aromatic nitrogens is 3. The van der Waals surface area contributed by atoms with Gasteiger partial charge in [0.2, 0.25) is 0 Å². The van der Waals surface area contributed by atoms with Gasteiger partial charge in [-0.25, -0.2) is 9.37 Å². The van der Waals surface area contributed by atoms with Gasteiger partial charge in [-0.05, 0) is 44.0 Å². The number of H-pyrrole nitrogens is 2. The van der Waals surface area contributed by atoms with Crippen molar-refractivity contribution in [1.82, 2.24) is 19.9 Å². The Hall–Kier alpha value is -2.63. The third-order valence-electron chi connectivity index (χ3n) is 4.63. The average Bonchev–Trinajstić information content (AvgIpc) is 3.20. The third-order valence-corrected chi connectivity index (χ3v) is 4.63. The largest absolute Gasteiger partial charge is 0.351 e. The zero-order chi connectivity index (χ0) is 16.7. The van der Waals surface area contributed by atoms with Gasteiger partial charge in [0, 0.05) is 41.8 Å². The first-order valence-corrected chi connectivity index (χ1v) is 8.19. The molecule has 4 rings (SSSR count). The van der Waals surface area contributed by atoms with E-state index >= 15 is 0 Å². The number of aromatic amines is 2.